The zero-order valence-electron chi connectivity index (χ0n) is 17.6. The van der Waals surface area contributed by atoms with Crippen molar-refractivity contribution in [1.29, 1.82) is 0 Å². The van der Waals surface area contributed by atoms with Gasteiger partial charge in [-0.05, 0) is 42.7 Å². The molecule has 2 heterocycles. The zero-order chi connectivity index (χ0) is 21.1. The Bertz CT molecular complexity index is 1010. The molecule has 2 aromatic carbocycles. The maximum atomic E-state index is 12.5. The number of hydrogen-bond donors (Lipinski definition) is 2. The van der Waals surface area contributed by atoms with Gasteiger partial charge in [-0.1, -0.05) is 37.3 Å². The van der Waals surface area contributed by atoms with Crippen molar-refractivity contribution in [3.05, 3.63) is 66.5 Å². The molecule has 3 aromatic rings. The number of hydrogen-bond acceptors (Lipinski definition) is 4. The van der Waals surface area contributed by atoms with Crippen LogP contribution in [0.1, 0.15) is 38.3 Å². The first-order valence-corrected chi connectivity index (χ1v) is 10.6. The third kappa shape index (κ3) is 3.96. The molecule has 1 aromatic heterocycles. The van der Waals surface area contributed by atoms with Crippen LogP contribution in [0.2, 0.25) is 0 Å². The lowest BCUT2D eigenvalue weighted by molar-refractivity contribution is -0.118. The topological polar surface area (TPSA) is 76.2 Å². The summed E-state index contributed by atoms with van der Waals surface area (Å²) in [5.74, 6) is 0.174. The highest BCUT2D eigenvalue weighted by molar-refractivity contribution is 5.95. The van der Waals surface area contributed by atoms with E-state index >= 15 is 0 Å². The summed E-state index contributed by atoms with van der Waals surface area (Å²) in [6.07, 6.45) is 5.28. The maximum absolute atomic E-state index is 12.5. The number of nitrogens with two attached hydrogens (primary N) is 1. The average Bonchev–Trinajstić information content (AvgIpc) is 3.23. The monoisotopic (exact) mass is 403 g/mol. The molecule has 30 heavy (non-hydrogen) atoms. The SMILES string of the molecule is CCC(=O)N1c2ccccc2[C@H](Nc2ccc(-c3cnn(CCN)c3)cc2)C[C@@H]1C. The van der Waals surface area contributed by atoms with Gasteiger partial charge in [0.15, 0.2) is 0 Å². The Morgan fingerprint density at radius 2 is 1.93 bits per heavy atom. The molecular weight excluding hydrogens is 374 g/mol. The second-order valence-electron chi connectivity index (χ2n) is 7.82. The number of rotatable bonds is 6. The summed E-state index contributed by atoms with van der Waals surface area (Å²) in [6.45, 7) is 5.34. The van der Waals surface area contributed by atoms with E-state index in [0.29, 0.717) is 13.0 Å². The van der Waals surface area contributed by atoms with E-state index in [4.69, 9.17) is 5.73 Å². The van der Waals surface area contributed by atoms with Crippen molar-refractivity contribution in [3.8, 4) is 11.1 Å². The highest BCUT2D eigenvalue weighted by atomic mass is 16.2. The van der Waals surface area contributed by atoms with E-state index in [1.54, 1.807) is 0 Å². The van der Waals surface area contributed by atoms with Crippen molar-refractivity contribution >= 4 is 17.3 Å². The molecule has 0 spiro atoms. The maximum Gasteiger partial charge on any atom is 0.226 e. The number of para-hydroxylation sites is 1. The number of aromatic nitrogens is 2. The minimum atomic E-state index is 0.150. The van der Waals surface area contributed by atoms with E-state index < -0.39 is 0 Å². The molecule has 156 valence electrons. The molecule has 2 atom stereocenters. The van der Waals surface area contributed by atoms with Gasteiger partial charge in [0.25, 0.3) is 0 Å². The molecular formula is C24H29N5O. The van der Waals surface area contributed by atoms with E-state index in [1.165, 1.54) is 5.56 Å². The van der Waals surface area contributed by atoms with Gasteiger partial charge in [0.05, 0.1) is 18.8 Å². The number of benzene rings is 2. The molecule has 0 bridgehead atoms. The first kappa shape index (κ1) is 20.2. The number of nitrogens with zero attached hydrogens (tertiary/aromatic N) is 3. The molecule has 0 saturated carbocycles. The summed E-state index contributed by atoms with van der Waals surface area (Å²) in [6, 6.07) is 17.0. The van der Waals surface area contributed by atoms with E-state index in [9.17, 15) is 4.79 Å². The Labute approximate surface area is 177 Å². The van der Waals surface area contributed by atoms with Gasteiger partial charge in [-0.25, -0.2) is 0 Å². The molecule has 0 saturated heterocycles. The number of nitrogens with one attached hydrogen (secondary N) is 1. The molecule has 4 rings (SSSR count). The van der Waals surface area contributed by atoms with Gasteiger partial charge >= 0.3 is 0 Å². The van der Waals surface area contributed by atoms with Gasteiger partial charge in [-0.2, -0.15) is 5.10 Å². The molecule has 0 fully saturated rings. The van der Waals surface area contributed by atoms with E-state index in [-0.39, 0.29) is 18.0 Å². The van der Waals surface area contributed by atoms with E-state index in [1.807, 2.05) is 41.0 Å². The number of carbonyl (C=O) groups excluding carboxylic acids is 1. The Hall–Kier alpha value is -3.12. The third-order valence-corrected chi connectivity index (χ3v) is 5.71. The second-order valence-corrected chi connectivity index (χ2v) is 7.82. The van der Waals surface area contributed by atoms with Gasteiger partial charge in [-0.15, -0.1) is 0 Å². The van der Waals surface area contributed by atoms with Crippen LogP contribution in [0.15, 0.2) is 60.9 Å². The summed E-state index contributed by atoms with van der Waals surface area (Å²) in [4.78, 5) is 14.5. The van der Waals surface area contributed by atoms with Crippen LogP contribution in [0.5, 0.6) is 0 Å². The molecule has 1 aliphatic rings. The molecule has 1 amide bonds. The lowest BCUT2D eigenvalue weighted by Crippen LogP contribution is -2.44. The Morgan fingerprint density at radius 3 is 2.67 bits per heavy atom. The molecule has 0 radical (unpaired) electrons. The van der Waals surface area contributed by atoms with Gasteiger partial charge < -0.3 is 16.0 Å². The third-order valence-electron chi connectivity index (χ3n) is 5.71. The first-order chi connectivity index (χ1) is 14.6. The Kier molecular flexibility index (Phi) is 5.86. The summed E-state index contributed by atoms with van der Waals surface area (Å²) in [7, 11) is 0. The normalized spacial score (nSPS) is 18.2. The summed E-state index contributed by atoms with van der Waals surface area (Å²) >= 11 is 0. The molecule has 0 unspecified atom stereocenters. The second kappa shape index (κ2) is 8.71. The molecule has 6 nitrogen and oxygen atoms in total. The average molecular weight is 404 g/mol. The highest BCUT2D eigenvalue weighted by Crippen LogP contribution is 2.39. The predicted molar refractivity (Wildman–Crippen MR) is 121 cm³/mol. The van der Waals surface area contributed by atoms with Gasteiger partial charge in [0.1, 0.15) is 0 Å². The number of fused-ring (bicyclic) bond motifs is 1. The lowest BCUT2D eigenvalue weighted by Gasteiger charge is -2.40. The first-order valence-electron chi connectivity index (χ1n) is 10.6. The Morgan fingerprint density at radius 1 is 1.17 bits per heavy atom. The van der Waals surface area contributed by atoms with Crippen LogP contribution in [-0.4, -0.2) is 28.3 Å². The van der Waals surface area contributed by atoms with Gasteiger partial charge in [0.2, 0.25) is 5.91 Å². The van der Waals surface area contributed by atoms with Crippen molar-refractivity contribution in [3.63, 3.8) is 0 Å². The number of anilines is 2. The molecule has 1 aliphatic heterocycles. The zero-order valence-corrected chi connectivity index (χ0v) is 17.6. The van der Waals surface area contributed by atoms with E-state index in [0.717, 1.165) is 35.5 Å². The lowest BCUT2D eigenvalue weighted by atomic mass is 9.91. The minimum Gasteiger partial charge on any atom is -0.378 e. The summed E-state index contributed by atoms with van der Waals surface area (Å²) in [5, 5.41) is 8.02. The molecule has 6 heteroatoms. The van der Waals surface area contributed by atoms with Crippen LogP contribution in [0, 0.1) is 0 Å². The number of amides is 1. The Balaban J connectivity index is 1.54. The van der Waals surface area contributed by atoms with Crippen LogP contribution in [0.4, 0.5) is 11.4 Å². The fourth-order valence-corrected chi connectivity index (χ4v) is 4.23. The fraction of sp³-hybridized carbons (Fsp3) is 0.333. The molecule has 3 N–H and O–H groups in total. The van der Waals surface area contributed by atoms with Crippen molar-refractivity contribution in [2.75, 3.05) is 16.8 Å². The van der Waals surface area contributed by atoms with Crippen LogP contribution in [0.25, 0.3) is 11.1 Å². The van der Waals surface area contributed by atoms with Gasteiger partial charge in [0, 0.05) is 42.1 Å². The smallest absolute Gasteiger partial charge is 0.226 e. The van der Waals surface area contributed by atoms with Crippen molar-refractivity contribution in [1.82, 2.24) is 9.78 Å². The molecule has 0 aliphatic carbocycles. The van der Waals surface area contributed by atoms with Crippen LogP contribution >= 0.6 is 0 Å². The van der Waals surface area contributed by atoms with Crippen LogP contribution < -0.4 is 16.0 Å². The van der Waals surface area contributed by atoms with Gasteiger partial charge in [-0.3, -0.25) is 9.48 Å². The summed E-state index contributed by atoms with van der Waals surface area (Å²) < 4.78 is 1.87. The van der Waals surface area contributed by atoms with E-state index in [2.05, 4.69) is 53.7 Å². The van der Waals surface area contributed by atoms with Crippen molar-refractivity contribution in [2.45, 2.75) is 45.3 Å². The number of carbonyl (C=O) groups is 1. The predicted octanol–water partition coefficient (Wildman–Crippen LogP) is 4.20. The quantitative estimate of drug-likeness (QED) is 0.647. The van der Waals surface area contributed by atoms with Crippen molar-refractivity contribution in [2.24, 2.45) is 5.73 Å². The fourth-order valence-electron chi connectivity index (χ4n) is 4.23. The standard InChI is InChI=1S/C24H29N5O/c1-3-24(30)29-17(2)14-22(21-6-4-5-7-23(21)29)27-20-10-8-18(9-11-20)19-15-26-28(16-19)13-12-25/h4-11,15-17,22,27H,3,12-14,25H2,1-2H3/t17-,22+/m0/s1. The largest absolute Gasteiger partial charge is 0.378 e. The highest BCUT2D eigenvalue weighted by Gasteiger charge is 2.32. The van der Waals surface area contributed by atoms with Crippen molar-refractivity contribution < 1.29 is 4.79 Å². The summed E-state index contributed by atoms with van der Waals surface area (Å²) in [5.41, 5.74) is 11.1. The van der Waals surface area contributed by atoms with Crippen LogP contribution in [0.3, 0.4) is 0 Å². The minimum absolute atomic E-state index is 0.150. The van der Waals surface area contributed by atoms with Crippen LogP contribution in [-0.2, 0) is 11.3 Å².